The minimum Gasteiger partial charge on any atom is -0.354 e. The van der Waals surface area contributed by atoms with Crippen molar-refractivity contribution >= 4 is 27.5 Å². The molecule has 0 saturated heterocycles. The number of carbonyl (C=O) groups is 2. The summed E-state index contributed by atoms with van der Waals surface area (Å²) in [6, 6.07) is 20.6. The van der Waals surface area contributed by atoms with Crippen LogP contribution in [0.2, 0.25) is 0 Å². The molecule has 0 unspecified atom stereocenters. The average molecular weight is 550 g/mol. The maximum Gasteiger partial charge on any atom is 0.264 e. The predicted molar refractivity (Wildman–Crippen MR) is 156 cm³/mol. The summed E-state index contributed by atoms with van der Waals surface area (Å²) in [7, 11) is -4.08. The van der Waals surface area contributed by atoms with E-state index >= 15 is 0 Å². The second kappa shape index (κ2) is 13.4. The molecule has 0 saturated carbocycles. The molecule has 0 heterocycles. The number of nitrogens with one attached hydrogen (secondary N) is 1. The van der Waals surface area contributed by atoms with E-state index in [1.54, 1.807) is 43.3 Å². The van der Waals surface area contributed by atoms with Crippen LogP contribution < -0.4 is 9.62 Å². The fraction of sp³-hybridized carbons (Fsp3) is 0.355. The lowest BCUT2D eigenvalue weighted by atomic mass is 10.1. The number of hydrogen-bond acceptors (Lipinski definition) is 4. The third-order valence-corrected chi connectivity index (χ3v) is 8.36. The van der Waals surface area contributed by atoms with Crippen LogP contribution in [-0.2, 0) is 26.2 Å². The summed E-state index contributed by atoms with van der Waals surface area (Å²) in [5.41, 5.74) is 3.94. The summed E-state index contributed by atoms with van der Waals surface area (Å²) in [5.74, 6) is -0.737. The van der Waals surface area contributed by atoms with E-state index in [9.17, 15) is 18.0 Å². The van der Waals surface area contributed by atoms with Gasteiger partial charge in [-0.15, -0.1) is 0 Å². The zero-order chi connectivity index (χ0) is 28.6. The molecule has 39 heavy (non-hydrogen) atoms. The normalized spacial score (nSPS) is 12.0. The Hall–Kier alpha value is -3.65. The quantitative estimate of drug-likeness (QED) is 0.317. The van der Waals surface area contributed by atoms with Crippen molar-refractivity contribution in [1.82, 2.24) is 10.2 Å². The van der Waals surface area contributed by atoms with E-state index in [0.717, 1.165) is 39.4 Å². The van der Waals surface area contributed by atoms with Gasteiger partial charge >= 0.3 is 0 Å². The second-order valence-corrected chi connectivity index (χ2v) is 11.9. The summed E-state index contributed by atoms with van der Waals surface area (Å²) in [5, 5.41) is 2.90. The summed E-state index contributed by atoms with van der Waals surface area (Å²) in [6.07, 6.45) is 1.77. The Morgan fingerprint density at radius 1 is 0.872 bits per heavy atom. The highest BCUT2D eigenvalue weighted by atomic mass is 32.2. The zero-order valence-electron chi connectivity index (χ0n) is 23.5. The number of amides is 2. The second-order valence-electron chi connectivity index (χ2n) is 10.00. The molecule has 2 amide bonds. The van der Waals surface area contributed by atoms with Gasteiger partial charge in [0.15, 0.2) is 0 Å². The topological polar surface area (TPSA) is 86.8 Å². The third-order valence-electron chi connectivity index (χ3n) is 6.57. The van der Waals surface area contributed by atoms with Crippen LogP contribution in [-0.4, -0.2) is 44.3 Å². The van der Waals surface area contributed by atoms with Crippen molar-refractivity contribution in [3.8, 4) is 0 Å². The lowest BCUT2D eigenvalue weighted by molar-refractivity contribution is -0.139. The van der Waals surface area contributed by atoms with Gasteiger partial charge in [0.25, 0.3) is 10.0 Å². The molecular formula is C31H39N3O4S. The van der Waals surface area contributed by atoms with Crippen molar-refractivity contribution < 1.29 is 18.0 Å². The first-order valence-corrected chi connectivity index (χ1v) is 14.8. The fourth-order valence-electron chi connectivity index (χ4n) is 4.36. The molecule has 0 aromatic heterocycles. The highest BCUT2D eigenvalue weighted by molar-refractivity contribution is 7.92. The van der Waals surface area contributed by atoms with Crippen LogP contribution in [0.5, 0.6) is 0 Å². The average Bonchev–Trinajstić information content (AvgIpc) is 2.90. The van der Waals surface area contributed by atoms with Gasteiger partial charge < -0.3 is 10.2 Å². The van der Waals surface area contributed by atoms with Crippen LogP contribution in [0.15, 0.2) is 77.7 Å². The van der Waals surface area contributed by atoms with Gasteiger partial charge in [0, 0.05) is 13.1 Å². The van der Waals surface area contributed by atoms with Crippen molar-refractivity contribution in [3.63, 3.8) is 0 Å². The molecule has 0 fully saturated rings. The van der Waals surface area contributed by atoms with Crippen LogP contribution in [0.1, 0.15) is 48.9 Å². The Balaban J connectivity index is 2.02. The van der Waals surface area contributed by atoms with Gasteiger partial charge in [0.2, 0.25) is 11.8 Å². The van der Waals surface area contributed by atoms with Gasteiger partial charge in [-0.05, 0) is 75.1 Å². The van der Waals surface area contributed by atoms with Gasteiger partial charge in [0.05, 0.1) is 10.6 Å². The molecular weight excluding hydrogens is 510 g/mol. The highest BCUT2D eigenvalue weighted by Crippen LogP contribution is 2.27. The van der Waals surface area contributed by atoms with Gasteiger partial charge in [-0.1, -0.05) is 67.4 Å². The molecule has 3 rings (SSSR count). The van der Waals surface area contributed by atoms with E-state index in [2.05, 4.69) is 5.32 Å². The van der Waals surface area contributed by atoms with Gasteiger partial charge in [0.1, 0.15) is 12.6 Å². The van der Waals surface area contributed by atoms with Crippen LogP contribution in [0.3, 0.4) is 0 Å². The highest BCUT2D eigenvalue weighted by Gasteiger charge is 2.32. The number of carbonyl (C=O) groups excluding carboxylic acids is 2. The van der Waals surface area contributed by atoms with Crippen molar-refractivity contribution in [2.75, 3.05) is 17.4 Å². The molecule has 7 nitrogen and oxygen atoms in total. The maximum absolute atomic E-state index is 13.9. The summed E-state index contributed by atoms with van der Waals surface area (Å²) in [4.78, 5) is 28.5. The van der Waals surface area contributed by atoms with Gasteiger partial charge in [-0.3, -0.25) is 13.9 Å². The van der Waals surface area contributed by atoms with Crippen LogP contribution >= 0.6 is 0 Å². The maximum atomic E-state index is 13.9. The van der Waals surface area contributed by atoms with E-state index in [0.29, 0.717) is 12.2 Å². The van der Waals surface area contributed by atoms with E-state index < -0.39 is 28.5 Å². The smallest absolute Gasteiger partial charge is 0.264 e. The molecule has 0 radical (unpaired) electrons. The van der Waals surface area contributed by atoms with Crippen LogP contribution in [0.4, 0.5) is 5.69 Å². The minimum atomic E-state index is -4.08. The molecule has 0 aliphatic heterocycles. The molecule has 0 aliphatic rings. The first-order chi connectivity index (χ1) is 18.5. The standard InChI is InChI=1S/C31H39N3O4S/c1-6-7-17-32-31(36)26(5)33(21-27-11-9-8-10-12-27)30(35)22-34(28-19-24(3)18-25(4)20-28)39(37,38)29-15-13-23(2)14-16-29/h8-16,18-20,26H,6-7,17,21-22H2,1-5H3,(H,32,36)/t26-/m0/s1. The Labute approximate surface area is 232 Å². The summed E-state index contributed by atoms with van der Waals surface area (Å²) in [6.45, 7) is 9.62. The summed E-state index contributed by atoms with van der Waals surface area (Å²) >= 11 is 0. The van der Waals surface area contributed by atoms with Gasteiger partial charge in [-0.25, -0.2) is 8.42 Å². The number of aryl methyl sites for hydroxylation is 3. The van der Waals surface area contributed by atoms with Crippen molar-refractivity contribution in [1.29, 1.82) is 0 Å². The lowest BCUT2D eigenvalue weighted by Gasteiger charge is -2.32. The number of anilines is 1. The van der Waals surface area contributed by atoms with E-state index in [1.807, 2.05) is 64.1 Å². The van der Waals surface area contributed by atoms with Crippen LogP contribution in [0.25, 0.3) is 0 Å². The fourth-order valence-corrected chi connectivity index (χ4v) is 5.76. The number of unbranched alkanes of at least 4 members (excludes halogenated alkanes) is 1. The SMILES string of the molecule is CCCCNC(=O)[C@H](C)N(Cc1ccccc1)C(=O)CN(c1cc(C)cc(C)c1)S(=O)(=O)c1ccc(C)cc1. The molecule has 1 atom stereocenters. The van der Waals surface area contributed by atoms with E-state index in [-0.39, 0.29) is 17.3 Å². The Morgan fingerprint density at radius 3 is 2.08 bits per heavy atom. The van der Waals surface area contributed by atoms with E-state index in [1.165, 1.54) is 4.90 Å². The Morgan fingerprint density at radius 2 is 1.49 bits per heavy atom. The van der Waals surface area contributed by atoms with Gasteiger partial charge in [-0.2, -0.15) is 0 Å². The third kappa shape index (κ3) is 7.93. The number of benzene rings is 3. The van der Waals surface area contributed by atoms with Crippen LogP contribution in [0, 0.1) is 20.8 Å². The van der Waals surface area contributed by atoms with Crippen molar-refractivity contribution in [2.45, 2.75) is 64.9 Å². The molecule has 3 aromatic rings. The minimum absolute atomic E-state index is 0.0972. The Bertz CT molecular complexity index is 1350. The largest absolute Gasteiger partial charge is 0.354 e. The lowest BCUT2D eigenvalue weighted by Crippen LogP contribution is -2.51. The number of sulfonamides is 1. The van der Waals surface area contributed by atoms with Crippen molar-refractivity contribution in [3.05, 3.63) is 95.1 Å². The predicted octanol–water partition coefficient (Wildman–Crippen LogP) is 5.14. The first-order valence-electron chi connectivity index (χ1n) is 13.3. The Kier molecular flexibility index (Phi) is 10.3. The molecule has 208 valence electrons. The molecule has 8 heteroatoms. The molecule has 3 aromatic carbocycles. The monoisotopic (exact) mass is 549 g/mol. The summed E-state index contributed by atoms with van der Waals surface area (Å²) < 4.78 is 29.0. The number of hydrogen-bond donors (Lipinski definition) is 1. The zero-order valence-corrected chi connectivity index (χ0v) is 24.3. The van der Waals surface area contributed by atoms with E-state index in [4.69, 9.17) is 0 Å². The molecule has 0 bridgehead atoms. The molecule has 0 spiro atoms. The number of rotatable bonds is 12. The first kappa shape index (κ1) is 29.9. The van der Waals surface area contributed by atoms with Crippen molar-refractivity contribution in [2.24, 2.45) is 0 Å². The number of nitrogens with zero attached hydrogens (tertiary/aromatic N) is 2. The molecule has 0 aliphatic carbocycles. The molecule has 1 N–H and O–H groups in total.